The predicted octanol–water partition coefficient (Wildman–Crippen LogP) is 1.50. The SMILES string of the molecule is O=C(O)C1(c2ccc(F)cc2)OCCCO1. The van der Waals surface area contributed by atoms with Crippen molar-refractivity contribution < 1.29 is 23.8 Å². The Labute approximate surface area is 91.6 Å². The van der Waals surface area contributed by atoms with Crippen LogP contribution in [-0.4, -0.2) is 24.3 Å². The van der Waals surface area contributed by atoms with Crippen LogP contribution in [0, 0.1) is 5.82 Å². The molecule has 1 heterocycles. The number of carboxylic acids is 1. The van der Waals surface area contributed by atoms with Gasteiger partial charge in [0, 0.05) is 5.56 Å². The van der Waals surface area contributed by atoms with Gasteiger partial charge in [-0.2, -0.15) is 0 Å². The fourth-order valence-corrected chi connectivity index (χ4v) is 1.62. The van der Waals surface area contributed by atoms with Gasteiger partial charge in [0.25, 0.3) is 5.79 Å². The summed E-state index contributed by atoms with van der Waals surface area (Å²) in [6, 6.07) is 5.08. The summed E-state index contributed by atoms with van der Waals surface area (Å²) in [6.45, 7) is 0.618. The third-order valence-corrected chi connectivity index (χ3v) is 2.41. The lowest BCUT2D eigenvalue weighted by molar-refractivity contribution is -0.273. The summed E-state index contributed by atoms with van der Waals surface area (Å²) in [7, 11) is 0. The molecular formula is C11H11FO4. The van der Waals surface area contributed by atoms with Gasteiger partial charge in [0.1, 0.15) is 5.82 Å². The lowest BCUT2D eigenvalue weighted by Gasteiger charge is -2.33. The second kappa shape index (κ2) is 4.19. The van der Waals surface area contributed by atoms with Crippen molar-refractivity contribution >= 4 is 5.97 Å². The van der Waals surface area contributed by atoms with E-state index < -0.39 is 17.6 Å². The number of carbonyl (C=O) groups is 1. The minimum atomic E-state index is -1.79. The van der Waals surface area contributed by atoms with Crippen molar-refractivity contribution in [1.29, 1.82) is 0 Å². The number of benzene rings is 1. The van der Waals surface area contributed by atoms with Crippen LogP contribution in [0.1, 0.15) is 12.0 Å². The lowest BCUT2D eigenvalue weighted by Crippen LogP contribution is -2.45. The summed E-state index contributed by atoms with van der Waals surface area (Å²) in [6.07, 6.45) is 0.649. The number of rotatable bonds is 2. The van der Waals surface area contributed by atoms with Gasteiger partial charge in [0.05, 0.1) is 13.2 Å². The van der Waals surface area contributed by atoms with E-state index in [1.165, 1.54) is 24.3 Å². The molecule has 1 N–H and O–H groups in total. The maximum absolute atomic E-state index is 12.8. The van der Waals surface area contributed by atoms with Gasteiger partial charge in [-0.1, -0.05) is 12.1 Å². The van der Waals surface area contributed by atoms with E-state index in [0.29, 0.717) is 25.2 Å². The highest BCUT2D eigenvalue weighted by Gasteiger charge is 2.45. The molecule has 0 saturated carbocycles. The van der Waals surface area contributed by atoms with Crippen LogP contribution < -0.4 is 0 Å². The first kappa shape index (κ1) is 11.0. The molecule has 1 aliphatic heterocycles. The summed E-state index contributed by atoms with van der Waals surface area (Å²) in [5.41, 5.74) is 0.293. The van der Waals surface area contributed by atoms with Gasteiger partial charge in [-0.05, 0) is 18.6 Å². The Kier molecular flexibility index (Phi) is 2.89. The predicted molar refractivity (Wildman–Crippen MR) is 52.2 cm³/mol. The monoisotopic (exact) mass is 226 g/mol. The zero-order valence-electron chi connectivity index (χ0n) is 8.48. The van der Waals surface area contributed by atoms with Gasteiger partial charge in [-0.15, -0.1) is 0 Å². The molecule has 86 valence electrons. The Morgan fingerprint density at radius 3 is 2.31 bits per heavy atom. The van der Waals surface area contributed by atoms with Crippen LogP contribution in [0.2, 0.25) is 0 Å². The van der Waals surface area contributed by atoms with Crippen LogP contribution in [0.25, 0.3) is 0 Å². The molecule has 5 heteroatoms. The van der Waals surface area contributed by atoms with Crippen LogP contribution in [0.3, 0.4) is 0 Å². The fraction of sp³-hybridized carbons (Fsp3) is 0.364. The van der Waals surface area contributed by atoms with Crippen LogP contribution in [0.5, 0.6) is 0 Å². The molecular weight excluding hydrogens is 215 g/mol. The number of carboxylic acid groups (broad SMARTS) is 1. The number of halogens is 1. The molecule has 0 unspecified atom stereocenters. The minimum Gasteiger partial charge on any atom is -0.477 e. The van der Waals surface area contributed by atoms with E-state index in [2.05, 4.69) is 0 Å². The molecule has 2 rings (SSSR count). The lowest BCUT2D eigenvalue weighted by atomic mass is 10.0. The zero-order chi connectivity index (χ0) is 11.6. The van der Waals surface area contributed by atoms with Crippen molar-refractivity contribution in [2.24, 2.45) is 0 Å². The Morgan fingerprint density at radius 2 is 1.81 bits per heavy atom. The number of aliphatic carboxylic acids is 1. The highest BCUT2D eigenvalue weighted by Crippen LogP contribution is 2.31. The third-order valence-electron chi connectivity index (χ3n) is 2.41. The number of ether oxygens (including phenoxy) is 2. The molecule has 1 saturated heterocycles. The van der Waals surface area contributed by atoms with Gasteiger partial charge < -0.3 is 14.6 Å². The van der Waals surface area contributed by atoms with Crippen molar-refractivity contribution in [3.05, 3.63) is 35.6 Å². The van der Waals surface area contributed by atoms with E-state index in [4.69, 9.17) is 14.6 Å². The number of hydrogen-bond donors (Lipinski definition) is 1. The first-order valence-corrected chi connectivity index (χ1v) is 4.92. The largest absolute Gasteiger partial charge is 0.477 e. The molecule has 0 atom stereocenters. The molecule has 0 bridgehead atoms. The van der Waals surface area contributed by atoms with Crippen molar-refractivity contribution in [3.63, 3.8) is 0 Å². The highest BCUT2D eigenvalue weighted by atomic mass is 19.1. The smallest absolute Gasteiger partial charge is 0.369 e. The van der Waals surface area contributed by atoms with Gasteiger partial charge in [0.2, 0.25) is 0 Å². The summed E-state index contributed by atoms with van der Waals surface area (Å²) < 4.78 is 23.2. The highest BCUT2D eigenvalue weighted by molar-refractivity contribution is 5.77. The molecule has 0 spiro atoms. The molecule has 1 aromatic carbocycles. The van der Waals surface area contributed by atoms with E-state index in [1.54, 1.807) is 0 Å². The molecule has 0 aromatic heterocycles. The standard InChI is InChI=1S/C11H11FO4/c12-9-4-2-8(3-5-9)11(10(13)14)15-6-1-7-16-11/h2-5H,1,6-7H2,(H,13,14). The summed E-state index contributed by atoms with van der Waals surface area (Å²) in [4.78, 5) is 11.2. The molecule has 1 fully saturated rings. The second-order valence-electron chi connectivity index (χ2n) is 3.48. The normalized spacial score (nSPS) is 19.3. The van der Waals surface area contributed by atoms with Crippen LogP contribution in [0.4, 0.5) is 4.39 Å². The average Bonchev–Trinajstić information content (AvgIpc) is 2.30. The quantitative estimate of drug-likeness (QED) is 0.830. The summed E-state index contributed by atoms with van der Waals surface area (Å²) >= 11 is 0. The molecule has 0 aliphatic carbocycles. The van der Waals surface area contributed by atoms with E-state index in [1.807, 2.05) is 0 Å². The molecule has 4 nitrogen and oxygen atoms in total. The van der Waals surface area contributed by atoms with Crippen molar-refractivity contribution in [3.8, 4) is 0 Å². The fourth-order valence-electron chi connectivity index (χ4n) is 1.62. The second-order valence-corrected chi connectivity index (χ2v) is 3.48. The first-order valence-electron chi connectivity index (χ1n) is 4.92. The van der Waals surface area contributed by atoms with Gasteiger partial charge in [-0.3, -0.25) is 0 Å². The Balaban J connectivity index is 2.38. The topological polar surface area (TPSA) is 55.8 Å². The Bertz CT molecular complexity index is 381. The van der Waals surface area contributed by atoms with Gasteiger partial charge in [-0.25, -0.2) is 9.18 Å². The van der Waals surface area contributed by atoms with E-state index in [0.717, 1.165) is 0 Å². The Morgan fingerprint density at radius 1 is 1.25 bits per heavy atom. The molecule has 0 radical (unpaired) electrons. The summed E-state index contributed by atoms with van der Waals surface area (Å²) in [5, 5.41) is 9.17. The zero-order valence-corrected chi connectivity index (χ0v) is 8.48. The van der Waals surface area contributed by atoms with Crippen molar-refractivity contribution in [2.45, 2.75) is 12.2 Å². The van der Waals surface area contributed by atoms with E-state index in [9.17, 15) is 9.18 Å². The maximum Gasteiger partial charge on any atom is 0.369 e. The first-order chi connectivity index (χ1) is 7.65. The molecule has 1 aliphatic rings. The van der Waals surface area contributed by atoms with Crippen molar-refractivity contribution in [1.82, 2.24) is 0 Å². The van der Waals surface area contributed by atoms with Gasteiger partial charge >= 0.3 is 5.97 Å². The Hall–Kier alpha value is -1.46. The molecule has 16 heavy (non-hydrogen) atoms. The third kappa shape index (κ3) is 1.79. The van der Waals surface area contributed by atoms with E-state index in [-0.39, 0.29) is 0 Å². The van der Waals surface area contributed by atoms with E-state index >= 15 is 0 Å². The summed E-state index contributed by atoms with van der Waals surface area (Å²) in [5.74, 6) is -3.44. The number of hydrogen-bond acceptors (Lipinski definition) is 3. The van der Waals surface area contributed by atoms with Crippen LogP contribution in [-0.2, 0) is 20.1 Å². The molecule has 1 aromatic rings. The average molecular weight is 226 g/mol. The van der Waals surface area contributed by atoms with Gasteiger partial charge in [0.15, 0.2) is 0 Å². The molecule has 0 amide bonds. The van der Waals surface area contributed by atoms with Crippen LogP contribution in [0.15, 0.2) is 24.3 Å². The maximum atomic E-state index is 12.8. The minimum absolute atomic E-state index is 0.293. The van der Waals surface area contributed by atoms with Crippen molar-refractivity contribution in [2.75, 3.05) is 13.2 Å². The van der Waals surface area contributed by atoms with Crippen LogP contribution >= 0.6 is 0 Å².